The fourth-order valence-electron chi connectivity index (χ4n) is 1.59. The van der Waals surface area contributed by atoms with E-state index in [1.165, 1.54) is 6.33 Å². The summed E-state index contributed by atoms with van der Waals surface area (Å²) < 4.78 is 0. The van der Waals surface area contributed by atoms with Crippen molar-refractivity contribution in [2.45, 2.75) is 33.6 Å². The van der Waals surface area contributed by atoms with Crippen molar-refractivity contribution in [1.82, 2.24) is 9.97 Å². The summed E-state index contributed by atoms with van der Waals surface area (Å²) in [4.78, 5) is 18.2. The van der Waals surface area contributed by atoms with Crippen LogP contribution >= 0.6 is 0 Å². The van der Waals surface area contributed by atoms with Crippen LogP contribution in [0.2, 0.25) is 0 Å². The zero-order chi connectivity index (χ0) is 12.1. The fourth-order valence-corrected chi connectivity index (χ4v) is 1.59. The molecule has 0 spiro atoms. The molecule has 0 saturated carbocycles. The van der Waals surface area contributed by atoms with Crippen LogP contribution in [0.3, 0.4) is 0 Å². The molecule has 1 aromatic heterocycles. The van der Waals surface area contributed by atoms with Gasteiger partial charge in [-0.3, -0.25) is 4.79 Å². The number of aromatic nitrogens is 2. The average molecular weight is 218 g/mol. The Morgan fingerprint density at radius 2 is 1.94 bits per heavy atom. The fraction of sp³-hybridized carbons (Fsp3) is 0.385. The second kappa shape index (κ2) is 5.45. The maximum atomic E-state index is 11.5. The van der Waals surface area contributed by atoms with E-state index in [-0.39, 0.29) is 5.56 Å². The predicted octanol–water partition coefficient (Wildman–Crippen LogP) is 3.07. The van der Waals surface area contributed by atoms with Gasteiger partial charge in [0.15, 0.2) is 0 Å². The minimum atomic E-state index is -0.0718. The minimum Gasteiger partial charge on any atom is -0.313 e. The molecule has 0 saturated heterocycles. The highest BCUT2D eigenvalue weighted by Gasteiger charge is 2.07. The SMILES string of the molecule is CC.CC(C)c1cccc2c(=O)[nH]cnc12. The molecule has 0 atom stereocenters. The number of fused-ring (bicyclic) bond motifs is 1. The van der Waals surface area contributed by atoms with Crippen LogP contribution in [0, 0.1) is 0 Å². The third-order valence-electron chi connectivity index (χ3n) is 2.32. The molecule has 0 aliphatic carbocycles. The molecule has 86 valence electrons. The zero-order valence-corrected chi connectivity index (χ0v) is 10.2. The maximum absolute atomic E-state index is 11.5. The van der Waals surface area contributed by atoms with Gasteiger partial charge in [-0.1, -0.05) is 39.8 Å². The Morgan fingerprint density at radius 1 is 1.25 bits per heavy atom. The minimum absolute atomic E-state index is 0.0718. The van der Waals surface area contributed by atoms with Crippen LogP contribution in [0.25, 0.3) is 10.9 Å². The molecule has 0 bridgehead atoms. The largest absolute Gasteiger partial charge is 0.313 e. The van der Waals surface area contributed by atoms with Crippen LogP contribution < -0.4 is 5.56 Å². The van der Waals surface area contributed by atoms with Gasteiger partial charge in [-0.2, -0.15) is 0 Å². The highest BCUT2D eigenvalue weighted by molar-refractivity contribution is 5.80. The molecule has 0 amide bonds. The number of H-pyrrole nitrogens is 1. The molecule has 1 N–H and O–H groups in total. The standard InChI is InChI=1S/C11H12N2O.C2H6/c1-7(2)8-4-3-5-9-10(8)12-6-13-11(9)14;1-2/h3-7H,1-2H3,(H,12,13,14);1-2H3. The number of hydrogen-bond donors (Lipinski definition) is 1. The number of aromatic amines is 1. The molecule has 1 aromatic carbocycles. The Morgan fingerprint density at radius 3 is 2.56 bits per heavy atom. The lowest BCUT2D eigenvalue weighted by molar-refractivity contribution is 0.871. The van der Waals surface area contributed by atoms with Crippen molar-refractivity contribution in [2.75, 3.05) is 0 Å². The van der Waals surface area contributed by atoms with Gasteiger partial charge in [0.1, 0.15) is 0 Å². The molecule has 0 aliphatic heterocycles. The Labute approximate surface area is 95.5 Å². The number of nitrogens with zero attached hydrogens (tertiary/aromatic N) is 1. The summed E-state index contributed by atoms with van der Waals surface area (Å²) in [6, 6.07) is 5.71. The molecule has 2 aromatic rings. The molecule has 1 heterocycles. The van der Waals surface area contributed by atoms with E-state index in [9.17, 15) is 4.79 Å². The summed E-state index contributed by atoms with van der Waals surface area (Å²) in [7, 11) is 0. The van der Waals surface area contributed by atoms with Crippen molar-refractivity contribution in [1.29, 1.82) is 0 Å². The third kappa shape index (κ3) is 2.30. The molecule has 0 unspecified atom stereocenters. The lowest BCUT2D eigenvalue weighted by Gasteiger charge is -2.07. The van der Waals surface area contributed by atoms with Crippen molar-refractivity contribution in [3.63, 3.8) is 0 Å². The van der Waals surface area contributed by atoms with E-state index in [1.54, 1.807) is 6.07 Å². The normalized spacial score (nSPS) is 10.1. The van der Waals surface area contributed by atoms with Crippen molar-refractivity contribution in [2.24, 2.45) is 0 Å². The van der Waals surface area contributed by atoms with E-state index in [2.05, 4.69) is 23.8 Å². The molecule has 0 fully saturated rings. The molecule has 0 radical (unpaired) electrons. The second-order valence-corrected chi connectivity index (χ2v) is 3.63. The van der Waals surface area contributed by atoms with Gasteiger partial charge in [0.25, 0.3) is 5.56 Å². The first kappa shape index (κ1) is 12.4. The smallest absolute Gasteiger partial charge is 0.258 e. The summed E-state index contributed by atoms with van der Waals surface area (Å²) in [5.41, 5.74) is 1.86. The Balaban J connectivity index is 0.000000606. The number of hydrogen-bond acceptors (Lipinski definition) is 2. The van der Waals surface area contributed by atoms with Crippen molar-refractivity contribution >= 4 is 10.9 Å². The van der Waals surface area contributed by atoms with Crippen LogP contribution in [-0.4, -0.2) is 9.97 Å². The summed E-state index contributed by atoms with van der Waals surface area (Å²) >= 11 is 0. The Bertz CT molecular complexity index is 515. The van der Waals surface area contributed by atoms with Crippen LogP contribution in [-0.2, 0) is 0 Å². The second-order valence-electron chi connectivity index (χ2n) is 3.63. The van der Waals surface area contributed by atoms with E-state index in [0.29, 0.717) is 11.3 Å². The molecule has 3 heteroatoms. The summed E-state index contributed by atoms with van der Waals surface area (Å²) in [5.74, 6) is 0.382. The summed E-state index contributed by atoms with van der Waals surface area (Å²) in [6.45, 7) is 8.19. The van der Waals surface area contributed by atoms with Gasteiger partial charge in [-0.05, 0) is 17.5 Å². The number of nitrogens with one attached hydrogen (secondary N) is 1. The van der Waals surface area contributed by atoms with Gasteiger partial charge < -0.3 is 4.98 Å². The van der Waals surface area contributed by atoms with E-state index in [1.807, 2.05) is 26.0 Å². The Kier molecular flexibility index (Phi) is 4.23. The van der Waals surface area contributed by atoms with Gasteiger partial charge in [0.05, 0.1) is 17.2 Å². The van der Waals surface area contributed by atoms with Crippen molar-refractivity contribution < 1.29 is 0 Å². The molecule has 2 rings (SSSR count). The molecule has 0 aliphatic rings. The van der Waals surface area contributed by atoms with Crippen LogP contribution in [0.5, 0.6) is 0 Å². The predicted molar refractivity (Wildman–Crippen MR) is 67.8 cm³/mol. The van der Waals surface area contributed by atoms with Crippen molar-refractivity contribution in [3.8, 4) is 0 Å². The third-order valence-corrected chi connectivity index (χ3v) is 2.32. The van der Waals surface area contributed by atoms with Gasteiger partial charge in [0, 0.05) is 0 Å². The monoisotopic (exact) mass is 218 g/mol. The first-order chi connectivity index (χ1) is 7.70. The van der Waals surface area contributed by atoms with E-state index in [4.69, 9.17) is 0 Å². The average Bonchev–Trinajstić information content (AvgIpc) is 2.31. The first-order valence-corrected chi connectivity index (χ1v) is 5.66. The summed E-state index contributed by atoms with van der Waals surface area (Å²) in [6.07, 6.45) is 1.45. The summed E-state index contributed by atoms with van der Waals surface area (Å²) in [5, 5.41) is 0.665. The Hall–Kier alpha value is -1.64. The van der Waals surface area contributed by atoms with Gasteiger partial charge >= 0.3 is 0 Å². The van der Waals surface area contributed by atoms with Gasteiger partial charge in [-0.15, -0.1) is 0 Å². The number of rotatable bonds is 1. The topological polar surface area (TPSA) is 45.8 Å². The molecular weight excluding hydrogens is 200 g/mol. The first-order valence-electron chi connectivity index (χ1n) is 5.66. The highest BCUT2D eigenvalue weighted by Crippen LogP contribution is 2.20. The zero-order valence-electron chi connectivity index (χ0n) is 10.2. The number of benzene rings is 1. The van der Waals surface area contributed by atoms with Crippen molar-refractivity contribution in [3.05, 3.63) is 40.4 Å². The maximum Gasteiger partial charge on any atom is 0.258 e. The van der Waals surface area contributed by atoms with Crippen LogP contribution in [0.4, 0.5) is 0 Å². The van der Waals surface area contributed by atoms with E-state index in [0.717, 1.165) is 11.1 Å². The lowest BCUT2D eigenvalue weighted by Crippen LogP contribution is -2.07. The van der Waals surface area contributed by atoms with Gasteiger partial charge in [-0.25, -0.2) is 4.98 Å². The van der Waals surface area contributed by atoms with Gasteiger partial charge in [0.2, 0.25) is 0 Å². The molecular formula is C13H18N2O. The van der Waals surface area contributed by atoms with E-state index < -0.39 is 0 Å². The highest BCUT2D eigenvalue weighted by atomic mass is 16.1. The quantitative estimate of drug-likeness (QED) is 0.799. The lowest BCUT2D eigenvalue weighted by atomic mass is 10.0. The van der Waals surface area contributed by atoms with Crippen LogP contribution in [0.1, 0.15) is 39.2 Å². The van der Waals surface area contributed by atoms with Crippen LogP contribution in [0.15, 0.2) is 29.3 Å². The molecule has 16 heavy (non-hydrogen) atoms. The number of para-hydroxylation sites is 1. The molecule has 3 nitrogen and oxygen atoms in total. The van der Waals surface area contributed by atoms with E-state index >= 15 is 0 Å².